The van der Waals surface area contributed by atoms with Gasteiger partial charge in [-0.2, -0.15) is 0 Å². The average Bonchev–Trinajstić information content (AvgIpc) is 2.65. The molecular weight excluding hydrogens is 302 g/mol. The molecule has 2 aromatic carbocycles. The van der Waals surface area contributed by atoms with Crippen LogP contribution in [0, 0.1) is 0 Å². The van der Waals surface area contributed by atoms with E-state index in [2.05, 4.69) is 43.4 Å². The first-order valence-corrected chi connectivity index (χ1v) is 8.24. The zero-order valence-electron chi connectivity index (χ0n) is 14.8. The molecule has 0 saturated heterocycles. The van der Waals surface area contributed by atoms with Gasteiger partial charge in [0, 0.05) is 18.7 Å². The molecule has 0 bridgehead atoms. The fourth-order valence-corrected chi connectivity index (χ4v) is 2.66. The molecule has 0 spiro atoms. The molecule has 4 nitrogen and oxygen atoms in total. The Morgan fingerprint density at radius 1 is 0.917 bits per heavy atom. The van der Waals surface area contributed by atoms with Crippen molar-refractivity contribution < 1.29 is 14.6 Å². The van der Waals surface area contributed by atoms with Gasteiger partial charge in [0.1, 0.15) is 11.5 Å². The molecule has 0 aliphatic carbocycles. The lowest BCUT2D eigenvalue weighted by atomic mass is 9.94. The van der Waals surface area contributed by atoms with Crippen LogP contribution in [-0.4, -0.2) is 31.9 Å². The van der Waals surface area contributed by atoms with Crippen LogP contribution in [0.5, 0.6) is 11.5 Å². The summed E-state index contributed by atoms with van der Waals surface area (Å²) in [6.45, 7) is 4.79. The Kier molecular flexibility index (Phi) is 6.64. The molecule has 4 heteroatoms. The number of aliphatic hydroxyl groups excluding tert-OH is 1. The molecule has 0 aliphatic rings. The third kappa shape index (κ3) is 4.73. The van der Waals surface area contributed by atoms with Gasteiger partial charge in [0.2, 0.25) is 0 Å². The number of hydrogen-bond acceptors (Lipinski definition) is 4. The molecule has 0 fully saturated rings. The Bertz CT molecular complexity index is 608. The van der Waals surface area contributed by atoms with E-state index in [1.807, 2.05) is 18.2 Å². The van der Waals surface area contributed by atoms with Crippen molar-refractivity contribution in [3.8, 4) is 11.5 Å². The first-order valence-electron chi connectivity index (χ1n) is 8.24. The van der Waals surface area contributed by atoms with E-state index >= 15 is 0 Å². The van der Waals surface area contributed by atoms with Gasteiger partial charge < -0.3 is 19.9 Å². The van der Waals surface area contributed by atoms with Crippen molar-refractivity contribution in [1.82, 2.24) is 5.32 Å². The van der Waals surface area contributed by atoms with Crippen molar-refractivity contribution >= 4 is 0 Å². The summed E-state index contributed by atoms with van der Waals surface area (Å²) >= 11 is 0. The van der Waals surface area contributed by atoms with E-state index in [0.717, 1.165) is 5.56 Å². The maximum atomic E-state index is 10.5. The van der Waals surface area contributed by atoms with Crippen LogP contribution in [0.2, 0.25) is 0 Å². The Morgan fingerprint density at radius 3 is 2.04 bits per heavy atom. The van der Waals surface area contributed by atoms with Gasteiger partial charge in [-0.05, 0) is 36.1 Å². The molecule has 24 heavy (non-hydrogen) atoms. The van der Waals surface area contributed by atoms with Crippen molar-refractivity contribution in [3.63, 3.8) is 0 Å². The van der Waals surface area contributed by atoms with Crippen LogP contribution in [-0.2, 0) is 0 Å². The summed E-state index contributed by atoms with van der Waals surface area (Å²) in [6, 6.07) is 16.1. The van der Waals surface area contributed by atoms with E-state index in [1.54, 1.807) is 20.3 Å². The topological polar surface area (TPSA) is 50.7 Å². The molecule has 0 aromatic heterocycles. The minimum Gasteiger partial charge on any atom is -0.497 e. The van der Waals surface area contributed by atoms with Crippen LogP contribution in [0.3, 0.4) is 0 Å². The number of methoxy groups -OCH3 is 2. The highest BCUT2D eigenvalue weighted by Gasteiger charge is 2.16. The molecular formula is C20H27NO3. The molecule has 0 saturated carbocycles. The molecule has 130 valence electrons. The highest BCUT2D eigenvalue weighted by molar-refractivity contribution is 5.39. The normalized spacial score (nSPS) is 14.7. The second-order valence-electron chi connectivity index (χ2n) is 6.06. The van der Waals surface area contributed by atoms with Crippen molar-refractivity contribution in [1.29, 1.82) is 0 Å². The SMILES string of the molecule is COc1cc(OC)cc(C(O)CNC(C)C(C)c2ccccc2)c1. The third-order valence-corrected chi connectivity index (χ3v) is 4.47. The summed E-state index contributed by atoms with van der Waals surface area (Å²) in [5, 5.41) is 13.9. The minimum atomic E-state index is -0.626. The van der Waals surface area contributed by atoms with Crippen LogP contribution in [0.1, 0.15) is 37.0 Å². The fourth-order valence-electron chi connectivity index (χ4n) is 2.66. The Balaban J connectivity index is 1.98. The summed E-state index contributed by atoms with van der Waals surface area (Å²) in [5.74, 6) is 1.71. The summed E-state index contributed by atoms with van der Waals surface area (Å²) in [7, 11) is 3.21. The third-order valence-electron chi connectivity index (χ3n) is 4.47. The number of hydrogen-bond donors (Lipinski definition) is 2. The number of nitrogens with one attached hydrogen (secondary N) is 1. The van der Waals surface area contributed by atoms with E-state index < -0.39 is 6.10 Å². The summed E-state index contributed by atoms with van der Waals surface area (Å²) in [6.07, 6.45) is -0.626. The standard InChI is InChI=1S/C20H27NO3/c1-14(16-8-6-5-7-9-16)15(2)21-13-20(22)17-10-18(23-3)12-19(11-17)24-4/h5-12,14-15,20-22H,13H2,1-4H3. The van der Waals surface area contributed by atoms with E-state index in [9.17, 15) is 5.11 Å². The van der Waals surface area contributed by atoms with Gasteiger partial charge in [-0.1, -0.05) is 37.3 Å². The van der Waals surface area contributed by atoms with Gasteiger partial charge in [-0.25, -0.2) is 0 Å². The van der Waals surface area contributed by atoms with Gasteiger partial charge in [-0.15, -0.1) is 0 Å². The predicted octanol–water partition coefficient (Wildman–Crippen LogP) is 3.52. The number of ether oxygens (including phenoxy) is 2. The molecule has 0 amide bonds. The fraction of sp³-hybridized carbons (Fsp3) is 0.400. The molecule has 0 heterocycles. The Hall–Kier alpha value is -2.04. The van der Waals surface area contributed by atoms with Crippen molar-refractivity contribution in [2.45, 2.75) is 31.9 Å². The van der Waals surface area contributed by atoms with Crippen molar-refractivity contribution in [3.05, 3.63) is 59.7 Å². The highest BCUT2D eigenvalue weighted by atomic mass is 16.5. The number of aliphatic hydroxyl groups is 1. The van der Waals surface area contributed by atoms with Crippen LogP contribution in [0.4, 0.5) is 0 Å². The summed E-state index contributed by atoms with van der Waals surface area (Å²) < 4.78 is 10.5. The first-order chi connectivity index (χ1) is 11.5. The largest absolute Gasteiger partial charge is 0.497 e. The van der Waals surface area contributed by atoms with Gasteiger partial charge in [0.15, 0.2) is 0 Å². The summed E-state index contributed by atoms with van der Waals surface area (Å²) in [4.78, 5) is 0. The van der Waals surface area contributed by atoms with E-state index in [1.165, 1.54) is 5.56 Å². The molecule has 3 unspecified atom stereocenters. The van der Waals surface area contributed by atoms with Crippen LogP contribution in [0.25, 0.3) is 0 Å². The quantitative estimate of drug-likeness (QED) is 0.778. The smallest absolute Gasteiger partial charge is 0.122 e. The molecule has 2 N–H and O–H groups in total. The van der Waals surface area contributed by atoms with E-state index in [-0.39, 0.29) is 6.04 Å². The van der Waals surface area contributed by atoms with Crippen LogP contribution in [0.15, 0.2) is 48.5 Å². The second kappa shape index (κ2) is 8.71. The Labute approximate surface area is 144 Å². The maximum absolute atomic E-state index is 10.5. The molecule has 2 aromatic rings. The molecule has 3 atom stereocenters. The van der Waals surface area contributed by atoms with Gasteiger partial charge in [0.05, 0.1) is 20.3 Å². The van der Waals surface area contributed by atoms with Crippen LogP contribution >= 0.6 is 0 Å². The first kappa shape index (κ1) is 18.3. The van der Waals surface area contributed by atoms with E-state index in [0.29, 0.717) is 24.0 Å². The number of benzene rings is 2. The van der Waals surface area contributed by atoms with Crippen molar-refractivity contribution in [2.75, 3.05) is 20.8 Å². The molecule has 2 rings (SSSR count). The zero-order chi connectivity index (χ0) is 17.5. The van der Waals surface area contributed by atoms with Gasteiger partial charge in [-0.3, -0.25) is 0 Å². The van der Waals surface area contributed by atoms with Crippen molar-refractivity contribution in [2.24, 2.45) is 0 Å². The van der Waals surface area contributed by atoms with E-state index in [4.69, 9.17) is 9.47 Å². The lowest BCUT2D eigenvalue weighted by molar-refractivity contribution is 0.168. The second-order valence-corrected chi connectivity index (χ2v) is 6.06. The minimum absolute atomic E-state index is 0.245. The highest BCUT2D eigenvalue weighted by Crippen LogP contribution is 2.26. The average molecular weight is 329 g/mol. The maximum Gasteiger partial charge on any atom is 0.122 e. The molecule has 0 aliphatic heterocycles. The Morgan fingerprint density at radius 2 is 1.50 bits per heavy atom. The monoisotopic (exact) mass is 329 g/mol. The molecule has 0 radical (unpaired) electrons. The lowest BCUT2D eigenvalue weighted by Crippen LogP contribution is -2.34. The van der Waals surface area contributed by atoms with Gasteiger partial charge in [0.25, 0.3) is 0 Å². The van der Waals surface area contributed by atoms with Gasteiger partial charge >= 0.3 is 0 Å². The predicted molar refractivity (Wildman–Crippen MR) is 96.8 cm³/mol. The van der Waals surface area contributed by atoms with Crippen LogP contribution < -0.4 is 14.8 Å². The lowest BCUT2D eigenvalue weighted by Gasteiger charge is -2.23. The summed E-state index contributed by atoms with van der Waals surface area (Å²) in [5.41, 5.74) is 2.06. The number of rotatable bonds is 8. The zero-order valence-corrected chi connectivity index (χ0v) is 14.8.